The summed E-state index contributed by atoms with van der Waals surface area (Å²) in [4.78, 5) is 4.28. The van der Waals surface area contributed by atoms with Gasteiger partial charge < -0.3 is 9.26 Å². The largest absolute Gasteiger partial charge is 0.487 e. The van der Waals surface area contributed by atoms with Crippen molar-refractivity contribution in [2.45, 2.75) is 24.5 Å². The fourth-order valence-corrected chi connectivity index (χ4v) is 4.88. The van der Waals surface area contributed by atoms with E-state index in [9.17, 15) is 8.42 Å². The molecule has 0 radical (unpaired) electrons. The Hall–Kier alpha value is -1.41. The molecule has 0 amide bonds. The van der Waals surface area contributed by atoms with Gasteiger partial charge in [-0.25, -0.2) is 8.42 Å². The lowest BCUT2D eigenvalue weighted by Crippen LogP contribution is -2.28. The predicted octanol–water partition coefficient (Wildman–Crippen LogP) is 2.23. The SMILES string of the molecule is COc1sccc1-c1noc(C2(C)CCCS2(=O)=O)n1. The Morgan fingerprint density at radius 1 is 1.50 bits per heavy atom. The lowest BCUT2D eigenvalue weighted by atomic mass is 10.1. The summed E-state index contributed by atoms with van der Waals surface area (Å²) in [5, 5.41) is 6.44. The maximum Gasteiger partial charge on any atom is 0.248 e. The quantitative estimate of drug-likeness (QED) is 0.864. The number of methoxy groups -OCH3 is 1. The van der Waals surface area contributed by atoms with Crippen molar-refractivity contribution >= 4 is 21.2 Å². The molecule has 0 saturated carbocycles. The molecule has 8 heteroatoms. The van der Waals surface area contributed by atoms with Gasteiger partial charge in [-0.05, 0) is 31.2 Å². The van der Waals surface area contributed by atoms with Crippen LogP contribution in [0.25, 0.3) is 11.4 Å². The Bertz CT molecular complexity index is 734. The van der Waals surface area contributed by atoms with E-state index in [1.54, 1.807) is 14.0 Å². The van der Waals surface area contributed by atoms with Crippen molar-refractivity contribution in [1.82, 2.24) is 10.1 Å². The van der Waals surface area contributed by atoms with Crippen LogP contribution in [0.15, 0.2) is 16.0 Å². The predicted molar refractivity (Wildman–Crippen MR) is 74.5 cm³/mol. The highest BCUT2D eigenvalue weighted by molar-refractivity contribution is 7.92. The average molecular weight is 314 g/mol. The van der Waals surface area contributed by atoms with Crippen molar-refractivity contribution in [3.63, 3.8) is 0 Å². The van der Waals surface area contributed by atoms with Crippen LogP contribution in [0.1, 0.15) is 25.7 Å². The third-order valence-electron chi connectivity index (χ3n) is 3.69. The Kier molecular flexibility index (Phi) is 3.09. The maximum absolute atomic E-state index is 12.2. The van der Waals surface area contributed by atoms with Crippen molar-refractivity contribution in [1.29, 1.82) is 0 Å². The number of nitrogens with zero attached hydrogens (tertiary/aromatic N) is 2. The van der Waals surface area contributed by atoms with E-state index in [2.05, 4.69) is 10.1 Å². The number of hydrogen-bond acceptors (Lipinski definition) is 7. The molecule has 1 fully saturated rings. The third kappa shape index (κ3) is 1.86. The van der Waals surface area contributed by atoms with Crippen LogP contribution in [-0.4, -0.2) is 31.4 Å². The van der Waals surface area contributed by atoms with Gasteiger partial charge in [-0.2, -0.15) is 4.98 Å². The van der Waals surface area contributed by atoms with Gasteiger partial charge in [0, 0.05) is 0 Å². The second-order valence-corrected chi connectivity index (χ2v) is 8.32. The summed E-state index contributed by atoms with van der Waals surface area (Å²) >= 11 is 1.42. The molecule has 1 unspecified atom stereocenters. The third-order valence-corrected chi connectivity index (χ3v) is 7.14. The highest BCUT2D eigenvalue weighted by Gasteiger charge is 2.49. The van der Waals surface area contributed by atoms with Crippen molar-refractivity contribution < 1.29 is 17.7 Å². The number of aromatic nitrogens is 2. The molecule has 1 saturated heterocycles. The summed E-state index contributed by atoms with van der Waals surface area (Å²) in [6.45, 7) is 1.65. The Labute approximate surface area is 120 Å². The first-order chi connectivity index (χ1) is 9.48. The average Bonchev–Trinajstić information content (AvgIpc) is 3.10. The van der Waals surface area contributed by atoms with Crippen LogP contribution in [-0.2, 0) is 14.6 Å². The van der Waals surface area contributed by atoms with Crippen LogP contribution in [0, 0.1) is 0 Å². The molecule has 2 aromatic heterocycles. The molecule has 0 aromatic carbocycles. The molecule has 0 spiro atoms. The van der Waals surface area contributed by atoms with Gasteiger partial charge in [0.05, 0.1) is 18.4 Å². The molecule has 3 heterocycles. The Balaban J connectivity index is 2.03. The van der Waals surface area contributed by atoms with E-state index >= 15 is 0 Å². The minimum absolute atomic E-state index is 0.165. The van der Waals surface area contributed by atoms with E-state index in [1.807, 2.05) is 11.4 Å². The molecule has 2 aromatic rings. The summed E-state index contributed by atoms with van der Waals surface area (Å²) in [6, 6.07) is 1.82. The van der Waals surface area contributed by atoms with Gasteiger partial charge in [0.1, 0.15) is 4.75 Å². The molecule has 3 rings (SSSR count). The summed E-state index contributed by atoms with van der Waals surface area (Å²) < 4.78 is 33.7. The number of sulfone groups is 1. The zero-order chi connectivity index (χ0) is 14.4. The highest BCUT2D eigenvalue weighted by atomic mass is 32.2. The maximum atomic E-state index is 12.2. The normalized spacial score (nSPS) is 24.9. The molecule has 6 nitrogen and oxygen atoms in total. The van der Waals surface area contributed by atoms with Crippen LogP contribution < -0.4 is 4.74 Å². The lowest BCUT2D eigenvalue weighted by Gasteiger charge is -2.16. The van der Waals surface area contributed by atoms with Crippen molar-refractivity contribution in [3.8, 4) is 16.5 Å². The van der Waals surface area contributed by atoms with E-state index in [1.165, 1.54) is 11.3 Å². The first kappa shape index (κ1) is 13.6. The standard InChI is InChI=1S/C12H14N2O4S2/c1-12(5-3-7-20(12,15)16)11-13-9(14-18-11)8-4-6-19-10(8)17-2/h4,6H,3,5,7H2,1-2H3. The van der Waals surface area contributed by atoms with E-state index < -0.39 is 14.6 Å². The topological polar surface area (TPSA) is 82.3 Å². The Morgan fingerprint density at radius 2 is 2.30 bits per heavy atom. The molecule has 0 bridgehead atoms. The molecular weight excluding hydrogens is 300 g/mol. The molecule has 0 N–H and O–H groups in total. The second-order valence-electron chi connectivity index (χ2n) is 4.90. The zero-order valence-electron chi connectivity index (χ0n) is 11.1. The highest BCUT2D eigenvalue weighted by Crippen LogP contribution is 2.41. The van der Waals surface area contributed by atoms with E-state index in [-0.39, 0.29) is 11.6 Å². The number of hydrogen-bond donors (Lipinski definition) is 0. The zero-order valence-corrected chi connectivity index (χ0v) is 12.8. The molecule has 0 aliphatic carbocycles. The summed E-state index contributed by atoms with van der Waals surface area (Å²) in [5.74, 6) is 0.697. The summed E-state index contributed by atoms with van der Waals surface area (Å²) in [6.07, 6.45) is 1.13. The molecule has 1 aliphatic heterocycles. The smallest absolute Gasteiger partial charge is 0.248 e. The van der Waals surface area contributed by atoms with Crippen LogP contribution in [0.2, 0.25) is 0 Å². The molecule has 108 valence electrons. The fourth-order valence-electron chi connectivity index (χ4n) is 2.39. The fraction of sp³-hybridized carbons (Fsp3) is 0.500. The van der Waals surface area contributed by atoms with Crippen LogP contribution >= 0.6 is 11.3 Å². The van der Waals surface area contributed by atoms with Gasteiger partial charge in [0.2, 0.25) is 11.7 Å². The van der Waals surface area contributed by atoms with Crippen molar-refractivity contribution in [2.24, 2.45) is 0 Å². The number of rotatable bonds is 3. The summed E-state index contributed by atoms with van der Waals surface area (Å²) in [5.41, 5.74) is 0.714. The van der Waals surface area contributed by atoms with Gasteiger partial charge in [0.15, 0.2) is 14.9 Å². The summed E-state index contributed by atoms with van der Waals surface area (Å²) in [7, 11) is -1.67. The van der Waals surface area contributed by atoms with E-state index in [4.69, 9.17) is 9.26 Å². The van der Waals surface area contributed by atoms with Gasteiger partial charge in [-0.1, -0.05) is 5.16 Å². The molecule has 1 atom stereocenters. The van der Waals surface area contributed by atoms with Gasteiger partial charge in [0.25, 0.3) is 0 Å². The minimum Gasteiger partial charge on any atom is -0.487 e. The van der Waals surface area contributed by atoms with Gasteiger partial charge in [-0.3, -0.25) is 0 Å². The second kappa shape index (κ2) is 4.56. The van der Waals surface area contributed by atoms with E-state index in [0.717, 1.165) is 0 Å². The molecule has 1 aliphatic rings. The van der Waals surface area contributed by atoms with Crippen LogP contribution in [0.4, 0.5) is 0 Å². The lowest BCUT2D eigenvalue weighted by molar-refractivity contribution is 0.337. The number of ether oxygens (including phenoxy) is 1. The monoisotopic (exact) mass is 314 g/mol. The van der Waals surface area contributed by atoms with Gasteiger partial charge in [-0.15, -0.1) is 11.3 Å². The van der Waals surface area contributed by atoms with Crippen molar-refractivity contribution in [2.75, 3.05) is 12.9 Å². The van der Waals surface area contributed by atoms with Crippen molar-refractivity contribution in [3.05, 3.63) is 17.3 Å². The Morgan fingerprint density at radius 3 is 2.95 bits per heavy atom. The van der Waals surface area contributed by atoms with Crippen LogP contribution in [0.3, 0.4) is 0 Å². The van der Waals surface area contributed by atoms with Crippen LogP contribution in [0.5, 0.6) is 5.06 Å². The first-order valence-electron chi connectivity index (χ1n) is 6.16. The van der Waals surface area contributed by atoms with Gasteiger partial charge >= 0.3 is 0 Å². The molecular formula is C12H14N2O4S2. The number of thiophene rings is 1. The molecule has 20 heavy (non-hydrogen) atoms. The first-order valence-corrected chi connectivity index (χ1v) is 8.69. The van der Waals surface area contributed by atoms with E-state index in [0.29, 0.717) is 29.3 Å². The minimum atomic E-state index is -3.24.